The Morgan fingerprint density at radius 3 is 2.33 bits per heavy atom. The average Bonchev–Trinajstić information content (AvgIpc) is 2.36. The summed E-state index contributed by atoms with van der Waals surface area (Å²) in [6.45, 7) is 5.51. The normalized spacial score (nSPS) is 9.72. The maximum absolute atomic E-state index is 11.6. The summed E-state index contributed by atoms with van der Waals surface area (Å²) in [5, 5.41) is 18.4. The minimum atomic E-state index is -0.532. The zero-order valence-corrected chi connectivity index (χ0v) is 10.9. The van der Waals surface area contributed by atoms with E-state index in [1.54, 1.807) is 6.92 Å². The Balaban J connectivity index is 3.72. The maximum atomic E-state index is 11.6. The predicted molar refractivity (Wildman–Crippen MR) is 66.0 cm³/mol. The number of benzene rings is 1. The molecule has 0 atom stereocenters. The molecule has 0 aliphatic heterocycles. The third kappa shape index (κ3) is 2.19. The summed E-state index contributed by atoms with van der Waals surface area (Å²) in [6.07, 6.45) is 0. The van der Waals surface area contributed by atoms with Crippen molar-refractivity contribution in [3.8, 4) is 12.1 Å². The van der Waals surface area contributed by atoms with Gasteiger partial charge in [-0.1, -0.05) is 13.8 Å². The van der Waals surface area contributed by atoms with Crippen LogP contribution in [0.1, 0.15) is 52.4 Å². The molecule has 0 radical (unpaired) electrons. The van der Waals surface area contributed by atoms with Gasteiger partial charge in [0.1, 0.15) is 0 Å². The second-order valence-electron chi connectivity index (χ2n) is 4.26. The van der Waals surface area contributed by atoms with Crippen LogP contribution in [0.25, 0.3) is 0 Å². The van der Waals surface area contributed by atoms with Gasteiger partial charge in [-0.3, -0.25) is 0 Å². The van der Waals surface area contributed by atoms with Gasteiger partial charge in [0.15, 0.2) is 0 Å². The molecule has 0 amide bonds. The number of carbonyl (C=O) groups is 1. The van der Waals surface area contributed by atoms with Gasteiger partial charge in [0.2, 0.25) is 0 Å². The molecule has 0 fully saturated rings. The number of nitriles is 2. The topological polar surface area (TPSA) is 73.9 Å². The van der Waals surface area contributed by atoms with E-state index in [-0.39, 0.29) is 11.5 Å². The van der Waals surface area contributed by atoms with Gasteiger partial charge in [-0.25, -0.2) is 4.79 Å². The van der Waals surface area contributed by atoms with Gasteiger partial charge in [-0.2, -0.15) is 10.5 Å². The fourth-order valence-electron chi connectivity index (χ4n) is 1.96. The lowest BCUT2D eigenvalue weighted by Gasteiger charge is -2.15. The Labute approximate surface area is 106 Å². The van der Waals surface area contributed by atoms with Crippen molar-refractivity contribution in [2.24, 2.45) is 0 Å². The molecule has 1 aromatic carbocycles. The van der Waals surface area contributed by atoms with Gasteiger partial charge in [0, 0.05) is 0 Å². The molecular weight excluding hydrogens is 228 g/mol. The van der Waals surface area contributed by atoms with Crippen molar-refractivity contribution in [2.45, 2.75) is 26.7 Å². The Bertz CT molecular complexity index is 575. The second-order valence-corrected chi connectivity index (χ2v) is 4.26. The third-order valence-corrected chi connectivity index (χ3v) is 2.84. The van der Waals surface area contributed by atoms with Crippen LogP contribution >= 0.6 is 0 Å². The molecule has 1 rings (SSSR count). The van der Waals surface area contributed by atoms with E-state index in [0.29, 0.717) is 22.3 Å². The van der Waals surface area contributed by atoms with E-state index in [2.05, 4.69) is 10.8 Å². The highest BCUT2D eigenvalue weighted by atomic mass is 16.5. The summed E-state index contributed by atoms with van der Waals surface area (Å²) in [5.41, 5.74) is 2.27. The van der Waals surface area contributed by atoms with Crippen LogP contribution in [-0.4, -0.2) is 13.1 Å². The average molecular weight is 242 g/mol. The fraction of sp³-hybridized carbons (Fsp3) is 0.357. The van der Waals surface area contributed by atoms with Crippen molar-refractivity contribution < 1.29 is 9.53 Å². The SMILES string of the molecule is COC(=O)c1cc(C#N)c(C(C)C)c(C#N)c1C. The molecule has 4 heteroatoms. The van der Waals surface area contributed by atoms with Crippen molar-refractivity contribution in [2.75, 3.05) is 7.11 Å². The van der Waals surface area contributed by atoms with Crippen LogP contribution in [0.4, 0.5) is 0 Å². The molecule has 0 N–H and O–H groups in total. The van der Waals surface area contributed by atoms with Crippen LogP contribution in [-0.2, 0) is 4.74 Å². The largest absolute Gasteiger partial charge is 0.465 e. The predicted octanol–water partition coefficient (Wildman–Crippen LogP) is 2.65. The maximum Gasteiger partial charge on any atom is 0.338 e. The van der Waals surface area contributed by atoms with E-state index in [0.717, 1.165) is 0 Å². The molecule has 0 saturated carbocycles. The van der Waals surface area contributed by atoms with E-state index < -0.39 is 5.97 Å². The van der Waals surface area contributed by atoms with Crippen LogP contribution in [0.3, 0.4) is 0 Å². The molecule has 1 aromatic rings. The number of methoxy groups -OCH3 is 1. The van der Waals surface area contributed by atoms with E-state index in [4.69, 9.17) is 5.26 Å². The lowest BCUT2D eigenvalue weighted by atomic mass is 9.87. The first-order valence-corrected chi connectivity index (χ1v) is 5.53. The summed E-state index contributed by atoms with van der Waals surface area (Å²) in [6, 6.07) is 5.62. The van der Waals surface area contributed by atoms with E-state index >= 15 is 0 Å². The first-order chi connectivity index (χ1) is 8.47. The first-order valence-electron chi connectivity index (χ1n) is 5.53. The number of hydrogen-bond donors (Lipinski definition) is 0. The van der Waals surface area contributed by atoms with Gasteiger partial charge in [0.05, 0.1) is 35.9 Å². The summed E-state index contributed by atoms with van der Waals surface area (Å²) in [4.78, 5) is 11.6. The fourth-order valence-corrected chi connectivity index (χ4v) is 1.96. The quantitative estimate of drug-likeness (QED) is 0.747. The third-order valence-electron chi connectivity index (χ3n) is 2.84. The summed E-state index contributed by atoms with van der Waals surface area (Å²) in [5.74, 6) is -0.490. The molecule has 0 bridgehead atoms. The highest BCUT2D eigenvalue weighted by Gasteiger charge is 2.21. The van der Waals surface area contributed by atoms with Crippen LogP contribution in [0.5, 0.6) is 0 Å². The minimum Gasteiger partial charge on any atom is -0.465 e. The summed E-state index contributed by atoms with van der Waals surface area (Å²) in [7, 11) is 1.27. The Morgan fingerprint density at radius 1 is 1.33 bits per heavy atom. The highest BCUT2D eigenvalue weighted by Crippen LogP contribution is 2.28. The van der Waals surface area contributed by atoms with Crippen LogP contribution in [0, 0.1) is 29.6 Å². The molecule has 0 heterocycles. The van der Waals surface area contributed by atoms with E-state index in [9.17, 15) is 10.1 Å². The lowest BCUT2D eigenvalue weighted by molar-refractivity contribution is 0.0600. The molecule has 0 aliphatic carbocycles. The monoisotopic (exact) mass is 242 g/mol. The molecule has 0 saturated heterocycles. The molecule has 92 valence electrons. The van der Waals surface area contributed by atoms with Crippen LogP contribution < -0.4 is 0 Å². The van der Waals surface area contributed by atoms with Crippen molar-refractivity contribution in [1.29, 1.82) is 10.5 Å². The zero-order chi connectivity index (χ0) is 13.9. The number of ether oxygens (including phenoxy) is 1. The van der Waals surface area contributed by atoms with Crippen LogP contribution in [0.15, 0.2) is 6.07 Å². The van der Waals surface area contributed by atoms with Gasteiger partial charge in [0.25, 0.3) is 0 Å². The molecule has 4 nitrogen and oxygen atoms in total. The summed E-state index contributed by atoms with van der Waals surface area (Å²) < 4.78 is 4.66. The molecule has 18 heavy (non-hydrogen) atoms. The Kier molecular flexibility index (Phi) is 4.07. The van der Waals surface area contributed by atoms with E-state index in [1.807, 2.05) is 19.9 Å². The highest BCUT2D eigenvalue weighted by molar-refractivity contribution is 5.92. The smallest absolute Gasteiger partial charge is 0.338 e. The van der Waals surface area contributed by atoms with Gasteiger partial charge < -0.3 is 4.74 Å². The number of esters is 1. The molecule has 0 spiro atoms. The van der Waals surface area contributed by atoms with Gasteiger partial charge >= 0.3 is 5.97 Å². The van der Waals surface area contributed by atoms with E-state index in [1.165, 1.54) is 13.2 Å². The van der Waals surface area contributed by atoms with Crippen molar-refractivity contribution in [3.63, 3.8) is 0 Å². The number of carbonyl (C=O) groups excluding carboxylic acids is 1. The number of hydrogen-bond acceptors (Lipinski definition) is 4. The van der Waals surface area contributed by atoms with Crippen molar-refractivity contribution in [1.82, 2.24) is 0 Å². The number of nitrogens with zero attached hydrogens (tertiary/aromatic N) is 2. The van der Waals surface area contributed by atoms with Gasteiger partial charge in [-0.05, 0) is 30.0 Å². The lowest BCUT2D eigenvalue weighted by Crippen LogP contribution is -2.09. The Morgan fingerprint density at radius 2 is 1.94 bits per heavy atom. The second kappa shape index (κ2) is 5.33. The van der Waals surface area contributed by atoms with Crippen molar-refractivity contribution in [3.05, 3.63) is 33.9 Å². The standard InChI is InChI=1S/C14H14N2O2/c1-8(2)13-10(6-15)5-11(14(17)18-4)9(3)12(13)7-16/h5,8H,1-4H3. The minimum absolute atomic E-state index is 0.0414. The molecule has 0 unspecified atom stereocenters. The van der Waals surface area contributed by atoms with Crippen LogP contribution in [0.2, 0.25) is 0 Å². The number of rotatable bonds is 2. The molecule has 0 aromatic heterocycles. The zero-order valence-electron chi connectivity index (χ0n) is 10.9. The Hall–Kier alpha value is -2.33. The first kappa shape index (κ1) is 13.7. The summed E-state index contributed by atoms with van der Waals surface area (Å²) >= 11 is 0. The molecule has 0 aliphatic rings. The molecular formula is C14H14N2O2. The van der Waals surface area contributed by atoms with Crippen molar-refractivity contribution >= 4 is 5.97 Å². The van der Waals surface area contributed by atoms with Gasteiger partial charge in [-0.15, -0.1) is 0 Å².